The number of hydrogen-bond donors (Lipinski definition) is 2. The van der Waals surface area contributed by atoms with Crippen LogP contribution < -0.4 is 0 Å². The molecule has 0 aliphatic carbocycles. The average Bonchev–Trinajstić information content (AvgIpc) is 3.62. The van der Waals surface area contributed by atoms with E-state index in [0.29, 0.717) is 54.0 Å². The first kappa shape index (κ1) is 40.3. The van der Waals surface area contributed by atoms with E-state index in [0.717, 1.165) is 41.9 Å². The average molecular weight is 915 g/mol. The molecule has 0 bridgehead atoms. The van der Waals surface area contributed by atoms with E-state index >= 15 is 0 Å². The van der Waals surface area contributed by atoms with Gasteiger partial charge in [0.15, 0.2) is 0 Å². The van der Waals surface area contributed by atoms with Crippen LogP contribution in [0.2, 0.25) is 0 Å². The maximum Gasteiger partial charge on any atom is 0.341 e. The van der Waals surface area contributed by atoms with E-state index < -0.39 is 23.6 Å². The topological polar surface area (TPSA) is 125 Å². The normalized spacial score (nSPS) is 13.6. The van der Waals surface area contributed by atoms with E-state index in [1.54, 1.807) is 13.8 Å². The Morgan fingerprint density at radius 1 is 0.655 bits per heavy atom. The van der Waals surface area contributed by atoms with E-state index in [-0.39, 0.29) is 30.6 Å². The van der Waals surface area contributed by atoms with Gasteiger partial charge >= 0.3 is 11.9 Å². The number of amides is 2. The molecule has 2 aliphatic rings. The number of nitrogens with zero attached hydrogens (tertiary/aromatic N) is 2. The molecule has 0 saturated heterocycles. The molecule has 14 heteroatoms. The fourth-order valence-corrected chi connectivity index (χ4v) is 8.03. The van der Waals surface area contributed by atoms with E-state index in [1.807, 2.05) is 36.4 Å². The van der Waals surface area contributed by atoms with E-state index in [2.05, 4.69) is 41.8 Å². The summed E-state index contributed by atoms with van der Waals surface area (Å²) in [5, 5.41) is 1.98. The van der Waals surface area contributed by atoms with Crippen molar-refractivity contribution < 1.29 is 37.4 Å². The summed E-state index contributed by atoms with van der Waals surface area (Å²) in [6, 6.07) is 22.4. The van der Waals surface area contributed by atoms with Crippen LogP contribution in [0, 0.1) is 11.6 Å². The monoisotopic (exact) mass is 912 g/mol. The highest BCUT2D eigenvalue weighted by Gasteiger charge is 2.30. The van der Waals surface area contributed by atoms with Gasteiger partial charge in [-0.05, 0) is 111 Å². The number of carbonyl (C=O) groups excluding carboxylic acids is 4. The third-order valence-corrected chi connectivity index (χ3v) is 10.9. The summed E-state index contributed by atoms with van der Waals surface area (Å²) < 4.78 is 38.8. The van der Waals surface area contributed by atoms with Gasteiger partial charge in [-0.1, -0.05) is 44.0 Å². The molecule has 0 saturated carbocycles. The highest BCUT2D eigenvalue weighted by atomic mass is 79.9. The van der Waals surface area contributed by atoms with Gasteiger partial charge in [0.05, 0.1) is 35.7 Å². The van der Waals surface area contributed by atoms with E-state index in [4.69, 9.17) is 9.47 Å². The second-order valence-corrected chi connectivity index (χ2v) is 15.1. The summed E-state index contributed by atoms with van der Waals surface area (Å²) in [5.41, 5.74) is 6.30. The van der Waals surface area contributed by atoms with Gasteiger partial charge in [-0.2, -0.15) is 0 Å². The molecule has 6 aromatic rings. The predicted octanol–water partition coefficient (Wildman–Crippen LogP) is 9.34. The molecule has 0 atom stereocenters. The lowest BCUT2D eigenvalue weighted by Crippen LogP contribution is -2.28. The molecule has 10 nitrogen and oxygen atoms in total. The van der Waals surface area contributed by atoms with Crippen LogP contribution in [0.15, 0.2) is 106 Å². The number of aromatic nitrogens is 2. The van der Waals surface area contributed by atoms with Crippen molar-refractivity contribution in [3.63, 3.8) is 0 Å². The Morgan fingerprint density at radius 2 is 1.16 bits per heavy atom. The molecule has 4 aromatic carbocycles. The summed E-state index contributed by atoms with van der Waals surface area (Å²) in [7, 11) is 0. The number of fused-ring (bicyclic) bond motifs is 6. The molecule has 4 heterocycles. The molecular formula is C44H36Br2F2N4O6. The fourth-order valence-electron chi connectivity index (χ4n) is 7.07. The number of nitrogens with one attached hydrogen (secondary N) is 2. The summed E-state index contributed by atoms with van der Waals surface area (Å²) in [6.07, 6.45) is 4.16. The third-order valence-electron chi connectivity index (χ3n) is 9.75. The molecular weight excluding hydrogens is 878 g/mol. The van der Waals surface area contributed by atoms with Crippen molar-refractivity contribution in [2.24, 2.45) is 0 Å². The fraction of sp³-hybridized carbons (Fsp3) is 0.182. The number of rotatable bonds is 6. The third kappa shape index (κ3) is 8.25. The summed E-state index contributed by atoms with van der Waals surface area (Å²) in [5.74, 6) is -2.43. The molecule has 58 heavy (non-hydrogen) atoms. The molecule has 0 fully saturated rings. The zero-order valence-corrected chi connectivity index (χ0v) is 34.5. The predicted molar refractivity (Wildman–Crippen MR) is 223 cm³/mol. The highest BCUT2D eigenvalue weighted by molar-refractivity contribution is 9.11. The van der Waals surface area contributed by atoms with Gasteiger partial charge in [-0.3, -0.25) is 9.59 Å². The Bertz CT molecular complexity index is 2630. The van der Waals surface area contributed by atoms with E-state index in [1.165, 1.54) is 70.7 Å². The molecule has 0 radical (unpaired) electrons. The van der Waals surface area contributed by atoms with Crippen molar-refractivity contribution >= 4 is 88.6 Å². The van der Waals surface area contributed by atoms with Crippen molar-refractivity contribution in [2.75, 3.05) is 26.3 Å². The van der Waals surface area contributed by atoms with Gasteiger partial charge in [0.25, 0.3) is 11.8 Å². The van der Waals surface area contributed by atoms with Crippen LogP contribution >= 0.6 is 31.9 Å². The number of hydrogen-bond acceptors (Lipinski definition) is 6. The largest absolute Gasteiger partial charge is 0.462 e. The number of benzene rings is 4. The van der Waals surface area contributed by atoms with Crippen molar-refractivity contribution in [2.45, 2.75) is 26.7 Å². The lowest BCUT2D eigenvalue weighted by molar-refractivity contribution is -0.137. The van der Waals surface area contributed by atoms with Gasteiger partial charge in [0.2, 0.25) is 0 Å². The lowest BCUT2D eigenvalue weighted by atomic mass is 10.0. The minimum Gasteiger partial charge on any atom is -0.462 e. The molecule has 2 aromatic heterocycles. The summed E-state index contributed by atoms with van der Waals surface area (Å²) in [6.45, 7) is 4.68. The van der Waals surface area contributed by atoms with Crippen molar-refractivity contribution in [1.82, 2.24) is 19.8 Å². The number of ether oxygens (including phenoxy) is 2. The Labute approximate surface area is 348 Å². The maximum atomic E-state index is 13.2. The number of halogens is 4. The minimum atomic E-state index is -0.504. The zero-order chi connectivity index (χ0) is 41.1. The first-order valence-corrected chi connectivity index (χ1v) is 20.1. The quantitative estimate of drug-likeness (QED) is 0.161. The molecule has 0 spiro atoms. The smallest absolute Gasteiger partial charge is 0.341 e. The lowest BCUT2D eigenvalue weighted by Gasteiger charge is -2.18. The number of aromatic amines is 2. The van der Waals surface area contributed by atoms with Crippen molar-refractivity contribution in [1.29, 1.82) is 0 Å². The van der Waals surface area contributed by atoms with E-state index in [9.17, 15) is 28.0 Å². The van der Waals surface area contributed by atoms with Gasteiger partial charge in [0.1, 0.15) is 11.6 Å². The van der Waals surface area contributed by atoms with Gasteiger partial charge < -0.3 is 29.2 Å². The highest BCUT2D eigenvalue weighted by Crippen LogP contribution is 2.36. The summed E-state index contributed by atoms with van der Waals surface area (Å²) in [4.78, 5) is 60.9. The number of esters is 2. The summed E-state index contributed by atoms with van der Waals surface area (Å²) >= 11 is 7.05. The Balaban J connectivity index is 0.000000177. The second kappa shape index (κ2) is 17.3. The minimum absolute atomic E-state index is 0.224. The van der Waals surface area contributed by atoms with Gasteiger partial charge in [0, 0.05) is 67.4 Å². The molecule has 296 valence electrons. The first-order valence-electron chi connectivity index (χ1n) is 18.5. The van der Waals surface area contributed by atoms with Crippen LogP contribution in [0.3, 0.4) is 0 Å². The Hall–Kier alpha value is -5.86. The van der Waals surface area contributed by atoms with Crippen LogP contribution in [0.4, 0.5) is 8.78 Å². The van der Waals surface area contributed by atoms with Crippen LogP contribution in [0.25, 0.3) is 33.0 Å². The maximum absolute atomic E-state index is 13.2. The second-order valence-electron chi connectivity index (χ2n) is 13.3. The van der Waals surface area contributed by atoms with Crippen LogP contribution in [-0.2, 0) is 31.9 Å². The Kier molecular flexibility index (Phi) is 12.1. The molecule has 2 N–H and O–H groups in total. The van der Waals surface area contributed by atoms with Crippen LogP contribution in [-0.4, -0.2) is 69.8 Å². The van der Waals surface area contributed by atoms with Gasteiger partial charge in [-0.15, -0.1) is 0 Å². The zero-order valence-electron chi connectivity index (χ0n) is 31.3. The van der Waals surface area contributed by atoms with Crippen LogP contribution in [0.5, 0.6) is 0 Å². The molecule has 8 rings (SSSR count). The van der Waals surface area contributed by atoms with Gasteiger partial charge in [-0.25, -0.2) is 18.4 Å². The van der Waals surface area contributed by atoms with Crippen LogP contribution in [0.1, 0.15) is 57.1 Å². The number of H-pyrrole nitrogens is 2. The standard InChI is InChI=1S/2C22H18BrFN2O3/c1-2-29-22(28)18-12-26(21(27)13-3-6-15(24)7-4-13)10-9-17-16-8-5-14(23)11-19(16)25-20(17)18;1-2-29-22(28)16-12-26(21(27)13-6-8-14(24)9-7-13)11-10-15-19-17(23)4-3-5-18(19)25-20(15)16/h3-8,11-12,25H,2,9-10H2,1H3;3-9,12,25H,2,10-11H2,1H3. The molecule has 0 unspecified atom stereocenters. The SMILES string of the molecule is CCOC(=O)C1=CN(C(=O)c2ccc(F)cc2)CCc2c1[nH]c1cc(Br)ccc21.CCOC(=O)C1=CN(C(=O)c2ccc(F)cc2)CCc2c1[nH]c1cccc(Br)c21. The Morgan fingerprint density at radius 3 is 1.69 bits per heavy atom. The van der Waals surface area contributed by atoms with Crippen molar-refractivity contribution in [3.8, 4) is 0 Å². The molecule has 2 amide bonds. The first-order chi connectivity index (χ1) is 28.0. The number of carbonyl (C=O) groups is 4. The van der Waals surface area contributed by atoms with Crippen molar-refractivity contribution in [3.05, 3.63) is 152 Å². The molecule has 2 aliphatic heterocycles.